The molecular formula is C16H23NO3S. The Bertz CT molecular complexity index is 558. The SMILES string of the molecule is CC1(C)CCC(S(=O)c2ccc3c(c2)OCCCO3)C1N. The highest BCUT2D eigenvalue weighted by Gasteiger charge is 2.42. The first kappa shape index (κ1) is 14.9. The molecule has 1 aliphatic carbocycles. The van der Waals surface area contributed by atoms with Crippen molar-refractivity contribution in [2.24, 2.45) is 11.1 Å². The van der Waals surface area contributed by atoms with Crippen LogP contribution >= 0.6 is 0 Å². The molecule has 0 saturated heterocycles. The first-order chi connectivity index (χ1) is 9.99. The first-order valence-electron chi connectivity index (χ1n) is 7.55. The van der Waals surface area contributed by atoms with Crippen LogP contribution in [0.5, 0.6) is 11.5 Å². The summed E-state index contributed by atoms with van der Waals surface area (Å²) in [5.41, 5.74) is 6.37. The fraction of sp³-hybridized carbons (Fsp3) is 0.625. The van der Waals surface area contributed by atoms with E-state index in [2.05, 4.69) is 13.8 Å². The molecule has 3 atom stereocenters. The van der Waals surface area contributed by atoms with Gasteiger partial charge in [0.15, 0.2) is 11.5 Å². The number of ether oxygens (including phenoxy) is 2. The van der Waals surface area contributed by atoms with E-state index in [0.29, 0.717) is 19.0 Å². The number of hydrogen-bond donors (Lipinski definition) is 1. The van der Waals surface area contributed by atoms with E-state index in [1.807, 2.05) is 18.2 Å². The Morgan fingerprint density at radius 3 is 2.62 bits per heavy atom. The van der Waals surface area contributed by atoms with Gasteiger partial charge < -0.3 is 15.2 Å². The predicted octanol–water partition coefficient (Wildman–Crippen LogP) is 2.47. The minimum absolute atomic E-state index is 0.0183. The van der Waals surface area contributed by atoms with Crippen molar-refractivity contribution >= 4 is 10.8 Å². The average molecular weight is 309 g/mol. The smallest absolute Gasteiger partial charge is 0.162 e. The average Bonchev–Trinajstić information content (AvgIpc) is 2.66. The Morgan fingerprint density at radius 2 is 1.95 bits per heavy atom. The Balaban J connectivity index is 1.84. The Hall–Kier alpha value is -1.07. The molecule has 4 nitrogen and oxygen atoms in total. The van der Waals surface area contributed by atoms with E-state index < -0.39 is 10.8 Å². The van der Waals surface area contributed by atoms with E-state index in [0.717, 1.165) is 29.9 Å². The highest BCUT2D eigenvalue weighted by atomic mass is 32.2. The van der Waals surface area contributed by atoms with Gasteiger partial charge in [0.05, 0.1) is 29.3 Å². The van der Waals surface area contributed by atoms with Crippen LogP contribution in [0.15, 0.2) is 23.1 Å². The van der Waals surface area contributed by atoms with E-state index in [1.165, 1.54) is 0 Å². The second kappa shape index (κ2) is 5.61. The largest absolute Gasteiger partial charge is 0.490 e. The molecule has 3 rings (SSSR count). The van der Waals surface area contributed by atoms with Gasteiger partial charge in [-0.3, -0.25) is 4.21 Å². The molecule has 1 saturated carbocycles. The molecule has 2 aliphatic rings. The van der Waals surface area contributed by atoms with Crippen molar-refractivity contribution in [1.82, 2.24) is 0 Å². The van der Waals surface area contributed by atoms with Crippen LogP contribution in [-0.2, 0) is 10.8 Å². The minimum Gasteiger partial charge on any atom is -0.490 e. The summed E-state index contributed by atoms with van der Waals surface area (Å²) in [7, 11) is -1.10. The van der Waals surface area contributed by atoms with Crippen LogP contribution < -0.4 is 15.2 Å². The lowest BCUT2D eigenvalue weighted by Crippen LogP contribution is -2.41. The maximum absolute atomic E-state index is 12.9. The fourth-order valence-corrected chi connectivity index (χ4v) is 4.79. The Morgan fingerprint density at radius 1 is 1.24 bits per heavy atom. The zero-order valence-corrected chi connectivity index (χ0v) is 13.4. The van der Waals surface area contributed by atoms with Gasteiger partial charge in [0, 0.05) is 23.4 Å². The second-order valence-electron chi connectivity index (χ2n) is 6.55. The number of benzene rings is 1. The third-order valence-corrected chi connectivity index (χ3v) is 6.40. The standard InChI is InChI=1S/C16H23NO3S/c1-16(2)7-6-14(15(16)17)21(18)11-4-5-12-13(10-11)20-9-3-8-19-12/h4-5,10,14-15H,3,6-9,17H2,1-2H3. The summed E-state index contributed by atoms with van der Waals surface area (Å²) in [5, 5.41) is 0.0183. The number of nitrogens with two attached hydrogens (primary N) is 1. The lowest BCUT2D eigenvalue weighted by atomic mass is 9.88. The number of rotatable bonds is 2. The van der Waals surface area contributed by atoms with Gasteiger partial charge in [-0.2, -0.15) is 0 Å². The summed E-state index contributed by atoms with van der Waals surface area (Å²) in [4.78, 5) is 0.789. The number of hydrogen-bond acceptors (Lipinski definition) is 4. The van der Waals surface area contributed by atoms with Crippen LogP contribution in [0.25, 0.3) is 0 Å². The Labute approximate surface area is 128 Å². The number of fused-ring (bicyclic) bond motifs is 1. The summed E-state index contributed by atoms with van der Waals surface area (Å²) < 4.78 is 24.1. The van der Waals surface area contributed by atoms with E-state index in [-0.39, 0.29) is 16.7 Å². The van der Waals surface area contributed by atoms with Crippen molar-refractivity contribution in [3.8, 4) is 11.5 Å². The van der Waals surface area contributed by atoms with Gasteiger partial charge in [0.25, 0.3) is 0 Å². The summed E-state index contributed by atoms with van der Waals surface area (Å²) in [5.74, 6) is 1.44. The maximum Gasteiger partial charge on any atom is 0.162 e. The fourth-order valence-electron chi connectivity index (χ4n) is 3.05. The lowest BCUT2D eigenvalue weighted by molar-refractivity contribution is 0.297. The van der Waals surface area contributed by atoms with Crippen LogP contribution in [0, 0.1) is 5.41 Å². The molecule has 3 unspecified atom stereocenters. The minimum atomic E-state index is -1.10. The van der Waals surface area contributed by atoms with Crippen molar-refractivity contribution in [2.45, 2.75) is 49.3 Å². The molecule has 1 heterocycles. The normalized spacial score (nSPS) is 28.9. The molecule has 1 aromatic carbocycles. The van der Waals surface area contributed by atoms with Crippen LogP contribution in [-0.4, -0.2) is 28.7 Å². The van der Waals surface area contributed by atoms with Gasteiger partial charge in [-0.1, -0.05) is 13.8 Å². The molecule has 0 amide bonds. The molecule has 0 radical (unpaired) electrons. The molecule has 0 bridgehead atoms. The first-order valence-corrected chi connectivity index (χ1v) is 8.76. The van der Waals surface area contributed by atoms with Crippen LogP contribution in [0.4, 0.5) is 0 Å². The van der Waals surface area contributed by atoms with E-state index in [4.69, 9.17) is 15.2 Å². The highest BCUT2D eigenvalue weighted by Crippen LogP contribution is 2.41. The van der Waals surface area contributed by atoms with Crippen molar-refractivity contribution in [1.29, 1.82) is 0 Å². The maximum atomic E-state index is 12.9. The second-order valence-corrected chi connectivity index (χ2v) is 8.22. The zero-order valence-electron chi connectivity index (χ0n) is 12.6. The van der Waals surface area contributed by atoms with Gasteiger partial charge in [-0.25, -0.2) is 0 Å². The van der Waals surface area contributed by atoms with Gasteiger partial charge in [0.1, 0.15) is 0 Å². The summed E-state index contributed by atoms with van der Waals surface area (Å²) in [6.07, 6.45) is 2.80. The quantitative estimate of drug-likeness (QED) is 0.911. The summed E-state index contributed by atoms with van der Waals surface area (Å²) in [6.45, 7) is 5.61. The monoisotopic (exact) mass is 309 g/mol. The topological polar surface area (TPSA) is 61.5 Å². The van der Waals surface area contributed by atoms with Crippen molar-refractivity contribution in [2.75, 3.05) is 13.2 Å². The van der Waals surface area contributed by atoms with Crippen molar-refractivity contribution < 1.29 is 13.7 Å². The molecular weight excluding hydrogens is 286 g/mol. The van der Waals surface area contributed by atoms with Crippen molar-refractivity contribution in [3.05, 3.63) is 18.2 Å². The summed E-state index contributed by atoms with van der Waals surface area (Å²) >= 11 is 0. The molecule has 5 heteroatoms. The third kappa shape index (κ3) is 2.81. The van der Waals surface area contributed by atoms with Crippen LogP contribution in [0.2, 0.25) is 0 Å². The lowest BCUT2D eigenvalue weighted by Gasteiger charge is -2.26. The molecule has 0 aromatic heterocycles. The van der Waals surface area contributed by atoms with Crippen molar-refractivity contribution in [3.63, 3.8) is 0 Å². The highest BCUT2D eigenvalue weighted by molar-refractivity contribution is 7.85. The molecule has 116 valence electrons. The third-order valence-electron chi connectivity index (χ3n) is 4.60. The van der Waals surface area contributed by atoms with Gasteiger partial charge in [0.2, 0.25) is 0 Å². The van der Waals surface area contributed by atoms with E-state index >= 15 is 0 Å². The molecule has 1 aliphatic heterocycles. The van der Waals surface area contributed by atoms with Gasteiger partial charge in [-0.05, 0) is 30.4 Å². The Kier molecular flexibility index (Phi) is 3.97. The van der Waals surface area contributed by atoms with Gasteiger partial charge in [-0.15, -0.1) is 0 Å². The zero-order chi connectivity index (χ0) is 15.0. The van der Waals surface area contributed by atoms with E-state index in [9.17, 15) is 4.21 Å². The van der Waals surface area contributed by atoms with Crippen LogP contribution in [0.3, 0.4) is 0 Å². The van der Waals surface area contributed by atoms with E-state index in [1.54, 1.807) is 0 Å². The molecule has 2 N–H and O–H groups in total. The molecule has 21 heavy (non-hydrogen) atoms. The van der Waals surface area contributed by atoms with Gasteiger partial charge >= 0.3 is 0 Å². The molecule has 1 fully saturated rings. The molecule has 1 aromatic rings. The van der Waals surface area contributed by atoms with Crippen LogP contribution in [0.1, 0.15) is 33.1 Å². The molecule has 0 spiro atoms. The summed E-state index contributed by atoms with van der Waals surface area (Å²) in [6, 6.07) is 5.56. The predicted molar refractivity (Wildman–Crippen MR) is 83.2 cm³/mol.